The quantitative estimate of drug-likeness (QED) is 0.271. The van der Waals surface area contributed by atoms with Gasteiger partial charge in [-0.25, -0.2) is 9.78 Å². The maximum absolute atomic E-state index is 12.9. The summed E-state index contributed by atoms with van der Waals surface area (Å²) in [4.78, 5) is 45.3. The second-order valence-electron chi connectivity index (χ2n) is 7.20. The van der Waals surface area contributed by atoms with Crippen molar-refractivity contribution in [1.82, 2.24) is 19.1 Å². The number of allylic oxidation sites excluding steroid dienone is 1. The number of aliphatic hydroxyl groups excluding tert-OH is 4. The van der Waals surface area contributed by atoms with Gasteiger partial charge < -0.3 is 25.0 Å². The lowest BCUT2D eigenvalue weighted by atomic mass is 10.1. The molecule has 4 N–H and O–H groups in total. The molecule has 0 aromatic heterocycles. The van der Waals surface area contributed by atoms with E-state index in [1.165, 1.54) is 4.57 Å². The minimum atomic E-state index is -1.71. The summed E-state index contributed by atoms with van der Waals surface area (Å²) in [5.74, 6) is -1.16. The predicted molar refractivity (Wildman–Crippen MR) is 110 cm³/mol. The molecule has 0 bridgehead atoms. The smallest absolute Gasteiger partial charge is 0.359 e. The number of aromatic nitrogens is 4. The number of aryl methyl sites for hydroxylation is 2. The van der Waals surface area contributed by atoms with Crippen molar-refractivity contribution < 1.29 is 25.2 Å². The number of benzene rings is 1. The van der Waals surface area contributed by atoms with Crippen LogP contribution in [-0.4, -0.2) is 70.4 Å². The van der Waals surface area contributed by atoms with Gasteiger partial charge in [-0.1, -0.05) is 6.58 Å². The van der Waals surface area contributed by atoms with Crippen molar-refractivity contribution in [2.45, 2.75) is 38.7 Å². The first-order valence-corrected chi connectivity index (χ1v) is 9.37. The number of hydrogen-bond donors (Lipinski definition) is 4. The lowest BCUT2D eigenvalue weighted by Gasteiger charge is -2.25. The van der Waals surface area contributed by atoms with Gasteiger partial charge in [0.05, 0.1) is 24.2 Å². The van der Waals surface area contributed by atoms with Crippen LogP contribution in [0.2, 0.25) is 0 Å². The summed E-state index contributed by atoms with van der Waals surface area (Å²) in [7, 11) is 0. The Morgan fingerprint density at radius 2 is 1.77 bits per heavy atom. The van der Waals surface area contributed by atoms with Crippen LogP contribution in [0.25, 0.3) is 22.6 Å². The normalized spacial score (nSPS) is 14.5. The Kier molecular flexibility index (Phi) is 6.13. The molecule has 3 rings (SSSR count). The van der Waals surface area contributed by atoms with Crippen LogP contribution in [0.1, 0.15) is 15.9 Å². The Hall–Kier alpha value is -3.25. The molecule has 3 atom stereocenters. The summed E-state index contributed by atoms with van der Waals surface area (Å²) in [6.45, 7) is 5.76. The molecule has 1 aromatic carbocycles. The van der Waals surface area contributed by atoms with Gasteiger partial charge in [-0.2, -0.15) is 9.55 Å². The molecule has 2 aliphatic rings. The van der Waals surface area contributed by atoms with E-state index in [4.69, 9.17) is 5.11 Å². The van der Waals surface area contributed by atoms with Crippen molar-refractivity contribution in [1.29, 1.82) is 0 Å². The number of aliphatic hydroxyl groups is 4. The number of carbonyl (C=O) groups excluding carboxylic acids is 1. The fourth-order valence-corrected chi connectivity index (χ4v) is 3.22. The minimum Gasteiger partial charge on any atom is -0.394 e. The second kappa shape index (κ2) is 8.47. The van der Waals surface area contributed by atoms with E-state index >= 15 is 0 Å². The first-order chi connectivity index (χ1) is 14.6. The van der Waals surface area contributed by atoms with Crippen LogP contribution in [0, 0.1) is 13.8 Å². The maximum atomic E-state index is 12.9. The number of fused-ring (bicyclic) bond motifs is 2. The van der Waals surface area contributed by atoms with E-state index in [1.807, 2.05) is 13.8 Å². The highest BCUT2D eigenvalue weighted by atomic mass is 16.4. The van der Waals surface area contributed by atoms with E-state index in [0.29, 0.717) is 15.6 Å². The summed E-state index contributed by atoms with van der Waals surface area (Å²) in [6, 6.07) is 3.40. The topological polar surface area (TPSA) is 168 Å². The number of nitrogens with zero attached hydrogens (tertiary/aromatic N) is 4. The molecular weight excluding hydrogens is 408 g/mol. The van der Waals surface area contributed by atoms with E-state index in [2.05, 4.69) is 16.5 Å². The van der Waals surface area contributed by atoms with Crippen molar-refractivity contribution in [2.75, 3.05) is 6.61 Å². The number of rotatable bonds is 6. The molecule has 0 radical (unpaired) electrons. The molecule has 0 saturated heterocycles. The third kappa shape index (κ3) is 3.91. The fraction of sp³-hybridized carbons (Fsp3) is 0.350. The van der Waals surface area contributed by atoms with Crippen molar-refractivity contribution in [2.24, 2.45) is 0 Å². The zero-order valence-electron chi connectivity index (χ0n) is 16.9. The molecule has 1 aromatic rings. The number of carbonyl (C=O) groups is 1. The Labute approximate surface area is 175 Å². The van der Waals surface area contributed by atoms with Crippen LogP contribution in [0.15, 0.2) is 34.4 Å². The highest BCUT2D eigenvalue weighted by Gasteiger charge is 2.28. The van der Waals surface area contributed by atoms with Crippen LogP contribution >= 0.6 is 0 Å². The molecule has 0 spiro atoms. The summed E-state index contributed by atoms with van der Waals surface area (Å²) < 4.78 is 1.62. The molecule has 0 fully saturated rings. The Morgan fingerprint density at radius 1 is 1.13 bits per heavy atom. The van der Waals surface area contributed by atoms with Gasteiger partial charge in [0.2, 0.25) is 0 Å². The highest BCUT2D eigenvalue weighted by Crippen LogP contribution is 2.24. The molecule has 2 aliphatic heterocycles. The largest absolute Gasteiger partial charge is 0.394 e. The molecule has 11 heteroatoms. The van der Waals surface area contributed by atoms with Crippen LogP contribution < -0.4 is 11.2 Å². The second-order valence-corrected chi connectivity index (χ2v) is 7.20. The van der Waals surface area contributed by atoms with Crippen LogP contribution in [0.5, 0.6) is 0 Å². The minimum absolute atomic E-state index is 0.205. The molecule has 164 valence electrons. The Morgan fingerprint density at radius 3 is 2.39 bits per heavy atom. The monoisotopic (exact) mass is 430 g/mol. The van der Waals surface area contributed by atoms with E-state index in [0.717, 1.165) is 17.2 Å². The average molecular weight is 430 g/mol. The molecule has 31 heavy (non-hydrogen) atoms. The van der Waals surface area contributed by atoms with E-state index < -0.39 is 42.1 Å². The predicted octanol–water partition coefficient (Wildman–Crippen LogP) is -1.42. The SMILES string of the molecule is C=CC(=O)n1c(=O)nc2n(CC(O)C(O)C(O)CO)c3cc(C)c(C)cc3nc-2c1=O. The van der Waals surface area contributed by atoms with Gasteiger partial charge in [0.1, 0.15) is 18.3 Å². The summed E-state index contributed by atoms with van der Waals surface area (Å²) in [5, 5.41) is 39.2. The Bertz CT molecular complexity index is 1260. The summed E-state index contributed by atoms with van der Waals surface area (Å²) >= 11 is 0. The average Bonchev–Trinajstić information content (AvgIpc) is 2.74. The van der Waals surface area contributed by atoms with Crippen LogP contribution in [0.3, 0.4) is 0 Å². The van der Waals surface area contributed by atoms with Gasteiger partial charge in [0.15, 0.2) is 11.5 Å². The van der Waals surface area contributed by atoms with E-state index in [1.54, 1.807) is 12.1 Å². The molecule has 2 heterocycles. The van der Waals surface area contributed by atoms with Crippen molar-refractivity contribution in [3.63, 3.8) is 0 Å². The lowest BCUT2D eigenvalue weighted by Crippen LogP contribution is -2.44. The van der Waals surface area contributed by atoms with Gasteiger partial charge >= 0.3 is 5.69 Å². The zero-order valence-corrected chi connectivity index (χ0v) is 16.9. The first-order valence-electron chi connectivity index (χ1n) is 9.37. The van der Waals surface area contributed by atoms with Gasteiger partial charge in [-0.05, 0) is 43.2 Å². The molecular formula is C20H22N4O7. The molecule has 0 saturated carbocycles. The molecule has 11 nitrogen and oxygen atoms in total. The third-order valence-corrected chi connectivity index (χ3v) is 5.12. The molecule has 3 unspecified atom stereocenters. The molecule has 0 aliphatic carbocycles. The van der Waals surface area contributed by atoms with Gasteiger partial charge in [0.25, 0.3) is 11.5 Å². The van der Waals surface area contributed by atoms with E-state index in [9.17, 15) is 29.7 Å². The molecule has 0 amide bonds. The third-order valence-electron chi connectivity index (χ3n) is 5.12. The fourth-order valence-electron chi connectivity index (χ4n) is 3.22. The standard InChI is InChI=1S/C20H22N4O7/c1-4-15(28)24-19(30)16-18(22-20(24)31)23(7-13(26)17(29)14(27)8-25)12-6-10(3)9(2)5-11(12)21-16/h4-6,13-14,17,25-27,29H,1,7-8H2,2-3H3. The van der Waals surface area contributed by atoms with Crippen molar-refractivity contribution >= 4 is 16.9 Å². The van der Waals surface area contributed by atoms with E-state index in [-0.39, 0.29) is 18.1 Å². The summed E-state index contributed by atoms with van der Waals surface area (Å²) in [5.41, 5.74) is -0.00116. The summed E-state index contributed by atoms with van der Waals surface area (Å²) in [6.07, 6.45) is -4.10. The first kappa shape index (κ1) is 22.4. The van der Waals surface area contributed by atoms with Gasteiger partial charge in [-0.15, -0.1) is 0 Å². The lowest BCUT2D eigenvalue weighted by molar-refractivity contribution is -0.0802. The highest BCUT2D eigenvalue weighted by molar-refractivity contribution is 5.89. The Balaban J connectivity index is 2.37. The van der Waals surface area contributed by atoms with Crippen molar-refractivity contribution in [3.05, 3.63) is 56.8 Å². The zero-order chi connectivity index (χ0) is 23.0. The van der Waals surface area contributed by atoms with Gasteiger partial charge in [0, 0.05) is 0 Å². The van der Waals surface area contributed by atoms with Gasteiger partial charge in [-0.3, -0.25) is 9.59 Å². The maximum Gasteiger partial charge on any atom is 0.359 e. The van der Waals surface area contributed by atoms with Crippen molar-refractivity contribution in [3.8, 4) is 11.5 Å². The van der Waals surface area contributed by atoms with Crippen LogP contribution in [-0.2, 0) is 6.54 Å². The van der Waals surface area contributed by atoms with Crippen LogP contribution in [0.4, 0.5) is 0 Å². The number of hydrogen-bond acceptors (Lipinski definition) is 9.